The van der Waals surface area contributed by atoms with Gasteiger partial charge in [0.2, 0.25) is 5.91 Å². The summed E-state index contributed by atoms with van der Waals surface area (Å²) < 4.78 is 2.51. The Bertz CT molecular complexity index is 804. The lowest BCUT2D eigenvalue weighted by atomic mass is 10.2. The highest BCUT2D eigenvalue weighted by atomic mass is 79.9. The van der Waals surface area contributed by atoms with Crippen LogP contribution in [0.25, 0.3) is 10.9 Å². The topological polar surface area (TPSA) is 64.0 Å². The van der Waals surface area contributed by atoms with Gasteiger partial charge in [-0.1, -0.05) is 34.6 Å². The number of hydrogen-bond donors (Lipinski definition) is 1. The maximum absolute atomic E-state index is 12.8. The van der Waals surface area contributed by atoms with Crippen molar-refractivity contribution in [1.29, 1.82) is 0 Å². The molecule has 0 saturated carbocycles. The lowest BCUT2D eigenvalue weighted by molar-refractivity contribution is -0.120. The predicted octanol–water partition coefficient (Wildman–Crippen LogP) is 3.57. The minimum Gasteiger partial charge on any atom is -0.353 e. The van der Waals surface area contributed by atoms with E-state index in [1.54, 1.807) is 10.6 Å². The Balaban J connectivity index is 2.45. The molecule has 24 heavy (non-hydrogen) atoms. The molecule has 1 amide bonds. The molecule has 1 atom stereocenters. The second kappa shape index (κ2) is 8.16. The summed E-state index contributed by atoms with van der Waals surface area (Å²) in [5.74, 6) is -0.0526. The van der Waals surface area contributed by atoms with E-state index >= 15 is 0 Å². The van der Waals surface area contributed by atoms with Gasteiger partial charge in [0.25, 0.3) is 5.56 Å². The molecule has 130 valence electrons. The number of amides is 1. The molecule has 0 unspecified atom stereocenters. The predicted molar refractivity (Wildman–Crippen MR) is 103 cm³/mol. The summed E-state index contributed by atoms with van der Waals surface area (Å²) in [6, 6.07) is 5.56. The van der Waals surface area contributed by atoms with E-state index in [4.69, 9.17) is 0 Å². The highest BCUT2D eigenvalue weighted by Gasteiger charge is 2.19. The Morgan fingerprint density at radius 3 is 2.71 bits per heavy atom. The molecule has 0 spiro atoms. The molecule has 5 nitrogen and oxygen atoms in total. The van der Waals surface area contributed by atoms with Crippen LogP contribution in [0.4, 0.5) is 0 Å². The van der Waals surface area contributed by atoms with Crippen LogP contribution in [0.2, 0.25) is 0 Å². The van der Waals surface area contributed by atoms with Crippen molar-refractivity contribution in [3.63, 3.8) is 0 Å². The average molecular weight is 412 g/mol. The molecule has 0 aliphatic heterocycles. The molecule has 0 saturated heterocycles. The fourth-order valence-electron chi connectivity index (χ4n) is 2.30. The first-order valence-corrected chi connectivity index (χ1v) is 9.67. The third kappa shape index (κ3) is 4.39. The van der Waals surface area contributed by atoms with Crippen molar-refractivity contribution in [3.8, 4) is 0 Å². The zero-order valence-corrected chi connectivity index (χ0v) is 16.7. The largest absolute Gasteiger partial charge is 0.353 e. The second-order valence-corrected chi connectivity index (χ2v) is 8.16. The Morgan fingerprint density at radius 2 is 2.08 bits per heavy atom. The smallest absolute Gasteiger partial charge is 0.262 e. The standard InChI is InChI=1S/C17H22BrN3O2S/c1-5-8-21-16(23)13-9-12(18)6-7-14(13)20-17(21)24-11(4)15(22)19-10(2)3/h6-7,9-11H,5,8H2,1-4H3,(H,19,22)/t11-/m0/s1. The number of halogens is 1. The van der Waals surface area contributed by atoms with Crippen molar-refractivity contribution in [2.45, 2.75) is 57.1 Å². The number of fused-ring (bicyclic) bond motifs is 1. The Kier molecular flexibility index (Phi) is 6.46. The van der Waals surface area contributed by atoms with Crippen LogP contribution in [0.5, 0.6) is 0 Å². The zero-order chi connectivity index (χ0) is 17.9. The van der Waals surface area contributed by atoms with Gasteiger partial charge >= 0.3 is 0 Å². The normalized spacial score (nSPS) is 12.6. The van der Waals surface area contributed by atoms with E-state index in [1.165, 1.54) is 11.8 Å². The van der Waals surface area contributed by atoms with Gasteiger partial charge in [0.15, 0.2) is 5.16 Å². The van der Waals surface area contributed by atoms with E-state index < -0.39 is 0 Å². The van der Waals surface area contributed by atoms with Gasteiger partial charge in [-0.3, -0.25) is 14.2 Å². The van der Waals surface area contributed by atoms with Crippen molar-refractivity contribution in [3.05, 3.63) is 33.0 Å². The maximum atomic E-state index is 12.8. The summed E-state index contributed by atoms with van der Waals surface area (Å²) in [6.07, 6.45) is 0.821. The van der Waals surface area contributed by atoms with Crippen LogP contribution in [0.1, 0.15) is 34.1 Å². The molecule has 0 bridgehead atoms. The summed E-state index contributed by atoms with van der Waals surface area (Å²) >= 11 is 4.72. The fraction of sp³-hybridized carbons (Fsp3) is 0.471. The molecule has 1 aromatic carbocycles. The van der Waals surface area contributed by atoms with E-state index in [1.807, 2.05) is 39.8 Å². The van der Waals surface area contributed by atoms with Crippen molar-refractivity contribution >= 4 is 44.5 Å². The molecular weight excluding hydrogens is 390 g/mol. The van der Waals surface area contributed by atoms with Gasteiger partial charge in [0.05, 0.1) is 16.2 Å². The van der Waals surface area contributed by atoms with Crippen LogP contribution in [0.3, 0.4) is 0 Å². The Morgan fingerprint density at radius 1 is 1.38 bits per heavy atom. The molecule has 1 aromatic heterocycles. The first-order valence-electron chi connectivity index (χ1n) is 8.00. The summed E-state index contributed by atoms with van der Waals surface area (Å²) in [5, 5.41) is 3.74. The van der Waals surface area contributed by atoms with Gasteiger partial charge in [0, 0.05) is 17.1 Å². The molecule has 0 aliphatic carbocycles. The number of carbonyl (C=O) groups is 1. The number of nitrogens with zero attached hydrogens (tertiary/aromatic N) is 2. The molecule has 2 aromatic rings. The third-order valence-corrected chi connectivity index (χ3v) is 4.99. The fourth-order valence-corrected chi connectivity index (χ4v) is 3.60. The van der Waals surface area contributed by atoms with E-state index in [9.17, 15) is 9.59 Å². The van der Waals surface area contributed by atoms with Gasteiger partial charge in [-0.05, 0) is 45.4 Å². The van der Waals surface area contributed by atoms with Crippen LogP contribution in [-0.4, -0.2) is 26.8 Å². The quantitative estimate of drug-likeness (QED) is 0.582. The van der Waals surface area contributed by atoms with Gasteiger partial charge in [-0.2, -0.15) is 0 Å². The van der Waals surface area contributed by atoms with Crippen LogP contribution in [-0.2, 0) is 11.3 Å². The monoisotopic (exact) mass is 411 g/mol. The number of thioether (sulfide) groups is 1. The first-order chi connectivity index (χ1) is 11.3. The number of aromatic nitrogens is 2. The second-order valence-electron chi connectivity index (χ2n) is 5.94. The lowest BCUT2D eigenvalue weighted by Crippen LogP contribution is -2.36. The average Bonchev–Trinajstić information content (AvgIpc) is 2.51. The van der Waals surface area contributed by atoms with E-state index in [0.29, 0.717) is 22.6 Å². The molecule has 0 aliphatic rings. The minimum absolute atomic E-state index is 0.0526. The van der Waals surface area contributed by atoms with Gasteiger partial charge in [0.1, 0.15) is 0 Å². The highest BCUT2D eigenvalue weighted by molar-refractivity contribution is 9.10. The van der Waals surface area contributed by atoms with Crippen molar-refractivity contribution in [2.75, 3.05) is 0 Å². The van der Waals surface area contributed by atoms with Gasteiger partial charge in [-0.25, -0.2) is 4.98 Å². The molecule has 0 fully saturated rings. The van der Waals surface area contributed by atoms with Crippen LogP contribution >= 0.6 is 27.7 Å². The SMILES string of the molecule is CCCn1c(S[C@@H](C)C(=O)NC(C)C)nc2ccc(Br)cc2c1=O. The Labute approximate surface area is 154 Å². The number of nitrogens with one attached hydrogen (secondary N) is 1. The van der Waals surface area contributed by atoms with Gasteiger partial charge in [-0.15, -0.1) is 0 Å². The molecular formula is C17H22BrN3O2S. The number of benzene rings is 1. The highest BCUT2D eigenvalue weighted by Crippen LogP contribution is 2.24. The molecule has 0 radical (unpaired) electrons. The molecule has 1 N–H and O–H groups in total. The van der Waals surface area contributed by atoms with Crippen molar-refractivity contribution in [2.24, 2.45) is 0 Å². The van der Waals surface area contributed by atoms with Crippen molar-refractivity contribution < 1.29 is 4.79 Å². The van der Waals surface area contributed by atoms with Crippen LogP contribution in [0.15, 0.2) is 32.6 Å². The maximum Gasteiger partial charge on any atom is 0.262 e. The number of hydrogen-bond acceptors (Lipinski definition) is 4. The molecule has 2 rings (SSSR count). The summed E-state index contributed by atoms with van der Waals surface area (Å²) in [7, 11) is 0. The Hall–Kier alpha value is -1.34. The summed E-state index contributed by atoms with van der Waals surface area (Å²) in [4.78, 5) is 29.6. The van der Waals surface area contributed by atoms with E-state index in [0.717, 1.165) is 10.9 Å². The number of carbonyl (C=O) groups excluding carboxylic acids is 1. The molecule has 7 heteroatoms. The lowest BCUT2D eigenvalue weighted by Gasteiger charge is -2.17. The van der Waals surface area contributed by atoms with E-state index in [2.05, 4.69) is 26.2 Å². The minimum atomic E-state index is -0.324. The summed E-state index contributed by atoms with van der Waals surface area (Å²) in [6.45, 7) is 8.27. The first kappa shape index (κ1) is 19.0. The van der Waals surface area contributed by atoms with Crippen LogP contribution < -0.4 is 10.9 Å². The van der Waals surface area contributed by atoms with Gasteiger partial charge < -0.3 is 5.32 Å². The third-order valence-electron chi connectivity index (χ3n) is 3.41. The van der Waals surface area contributed by atoms with Crippen molar-refractivity contribution in [1.82, 2.24) is 14.9 Å². The zero-order valence-electron chi connectivity index (χ0n) is 14.3. The number of rotatable bonds is 6. The van der Waals surface area contributed by atoms with Crippen LogP contribution in [0, 0.1) is 0 Å². The van der Waals surface area contributed by atoms with E-state index in [-0.39, 0.29) is 22.8 Å². The molecule has 1 heterocycles. The summed E-state index contributed by atoms with van der Waals surface area (Å²) in [5.41, 5.74) is 0.580.